The minimum absolute atomic E-state index is 0.0305. The van der Waals surface area contributed by atoms with Gasteiger partial charge in [-0.3, -0.25) is 4.79 Å². The van der Waals surface area contributed by atoms with Crippen LogP contribution in [0.15, 0.2) is 88.3 Å². The zero-order chi connectivity index (χ0) is 24.8. The lowest BCUT2D eigenvalue weighted by Crippen LogP contribution is -2.35. The molecule has 0 saturated carbocycles. The Labute approximate surface area is 200 Å². The number of rotatable bonds is 7. The van der Waals surface area contributed by atoms with Crippen molar-refractivity contribution in [2.24, 2.45) is 0 Å². The Morgan fingerprint density at radius 1 is 0.971 bits per heavy atom. The predicted molar refractivity (Wildman–Crippen MR) is 130 cm³/mol. The first-order valence-corrected chi connectivity index (χ1v) is 11.0. The molecule has 0 aliphatic carbocycles. The highest BCUT2D eigenvalue weighted by Crippen LogP contribution is 2.17. The summed E-state index contributed by atoms with van der Waals surface area (Å²) in [4.78, 5) is 39.5. The maximum Gasteiger partial charge on any atom is 0.338 e. The van der Waals surface area contributed by atoms with Gasteiger partial charge in [-0.2, -0.15) is 0 Å². The summed E-state index contributed by atoms with van der Waals surface area (Å²) in [6, 6.07) is 18.4. The lowest BCUT2D eigenvalue weighted by atomic mass is 10.1. The average Bonchev–Trinajstić information content (AvgIpc) is 2.87. The second-order valence-corrected chi connectivity index (χ2v) is 7.80. The van der Waals surface area contributed by atoms with Crippen molar-refractivity contribution in [2.45, 2.75) is 20.0 Å². The van der Waals surface area contributed by atoms with E-state index < -0.39 is 12.0 Å². The van der Waals surface area contributed by atoms with Gasteiger partial charge in [0.05, 0.1) is 35.9 Å². The van der Waals surface area contributed by atoms with Crippen LogP contribution in [0.5, 0.6) is 0 Å². The van der Waals surface area contributed by atoms with Gasteiger partial charge in [-0.15, -0.1) is 0 Å². The third-order valence-electron chi connectivity index (χ3n) is 5.33. The Bertz CT molecular complexity index is 1400. The first-order valence-electron chi connectivity index (χ1n) is 11.0. The van der Waals surface area contributed by atoms with E-state index in [9.17, 15) is 18.8 Å². The highest BCUT2D eigenvalue weighted by molar-refractivity contribution is 5.92. The van der Waals surface area contributed by atoms with E-state index in [1.807, 2.05) is 0 Å². The van der Waals surface area contributed by atoms with Gasteiger partial charge in [-0.25, -0.2) is 14.0 Å². The molecular weight excluding hydrogens is 451 g/mol. The number of carbonyl (C=O) groups is 2. The van der Waals surface area contributed by atoms with Crippen LogP contribution < -0.4 is 10.7 Å². The summed E-state index contributed by atoms with van der Waals surface area (Å²) in [7, 11) is 0. The van der Waals surface area contributed by atoms with E-state index in [0.717, 1.165) is 0 Å². The van der Waals surface area contributed by atoms with Gasteiger partial charge in [0, 0.05) is 12.2 Å². The number of nitrogens with zero attached hydrogens (tertiary/aromatic N) is 1. The smallest absolute Gasteiger partial charge is 0.338 e. The summed E-state index contributed by atoms with van der Waals surface area (Å²) >= 11 is 0. The lowest BCUT2D eigenvalue weighted by molar-refractivity contribution is 0.0526. The van der Waals surface area contributed by atoms with Crippen molar-refractivity contribution < 1.29 is 23.1 Å². The number of anilines is 1. The Hall–Kier alpha value is -4.46. The molecule has 8 heteroatoms. The lowest BCUT2D eigenvalue weighted by Gasteiger charge is -2.23. The van der Waals surface area contributed by atoms with Gasteiger partial charge in [0.2, 0.25) is 0 Å². The molecular formula is C27H23FN2O5. The molecule has 1 heterocycles. The van der Waals surface area contributed by atoms with Gasteiger partial charge in [-0.05, 0) is 61.0 Å². The predicted octanol–water partition coefficient (Wildman–Crippen LogP) is 5.34. The normalized spacial score (nSPS) is 10.7. The van der Waals surface area contributed by atoms with E-state index in [2.05, 4.69) is 5.32 Å². The number of hydrogen-bond acceptors (Lipinski definition) is 5. The molecule has 0 radical (unpaired) electrons. The summed E-state index contributed by atoms with van der Waals surface area (Å²) in [5.74, 6) is -0.840. The SMILES string of the molecule is CCOC(=O)c1ccc(NC(=O)N(Cc2ccc(F)cc2)Cc2coc3ccccc3c2=O)cc1. The number of nitrogens with one attached hydrogen (secondary N) is 1. The summed E-state index contributed by atoms with van der Waals surface area (Å²) in [5.41, 5.74) is 2.03. The number of hydrogen-bond donors (Lipinski definition) is 1. The number of fused-ring (bicyclic) bond motifs is 1. The van der Waals surface area contributed by atoms with Gasteiger partial charge in [0.1, 0.15) is 11.4 Å². The van der Waals surface area contributed by atoms with E-state index in [4.69, 9.17) is 9.15 Å². The minimum atomic E-state index is -0.481. The second kappa shape index (κ2) is 10.6. The van der Waals surface area contributed by atoms with Gasteiger partial charge in [0.15, 0.2) is 5.43 Å². The van der Waals surface area contributed by atoms with Crippen molar-refractivity contribution in [1.29, 1.82) is 0 Å². The van der Waals surface area contributed by atoms with Crippen molar-refractivity contribution in [2.75, 3.05) is 11.9 Å². The van der Waals surface area contributed by atoms with Crippen LogP contribution >= 0.6 is 0 Å². The number of benzene rings is 3. The molecule has 0 aliphatic heterocycles. The summed E-state index contributed by atoms with van der Waals surface area (Å²) in [5, 5.41) is 3.20. The Morgan fingerprint density at radius 2 is 1.69 bits per heavy atom. The second-order valence-electron chi connectivity index (χ2n) is 7.80. The summed E-state index contributed by atoms with van der Waals surface area (Å²) < 4.78 is 23.9. The van der Waals surface area contributed by atoms with Gasteiger partial charge >= 0.3 is 12.0 Å². The van der Waals surface area contributed by atoms with Gasteiger partial charge < -0.3 is 19.4 Å². The zero-order valence-electron chi connectivity index (χ0n) is 19.0. The molecule has 1 aromatic heterocycles. The molecule has 0 spiro atoms. The third kappa shape index (κ3) is 5.73. The number of urea groups is 1. The van der Waals surface area contributed by atoms with E-state index in [-0.39, 0.29) is 30.9 Å². The minimum Gasteiger partial charge on any atom is -0.464 e. The molecule has 2 amide bonds. The fourth-order valence-electron chi connectivity index (χ4n) is 3.55. The maximum atomic E-state index is 13.4. The molecule has 0 fully saturated rings. The van der Waals surface area contributed by atoms with Crippen LogP contribution in [0.4, 0.5) is 14.9 Å². The summed E-state index contributed by atoms with van der Waals surface area (Å²) in [6.07, 6.45) is 1.35. The van der Waals surface area contributed by atoms with E-state index in [1.54, 1.807) is 67.6 Å². The number of ether oxygens (including phenoxy) is 1. The highest BCUT2D eigenvalue weighted by atomic mass is 19.1. The van der Waals surface area contributed by atoms with Gasteiger partial charge in [-0.1, -0.05) is 24.3 Å². The monoisotopic (exact) mass is 474 g/mol. The van der Waals surface area contributed by atoms with E-state index in [1.165, 1.54) is 23.3 Å². The number of esters is 1. The maximum absolute atomic E-state index is 13.4. The number of para-hydroxylation sites is 1. The molecule has 0 bridgehead atoms. The quantitative estimate of drug-likeness (QED) is 0.365. The van der Waals surface area contributed by atoms with E-state index in [0.29, 0.717) is 33.3 Å². The van der Waals surface area contributed by atoms with Crippen molar-refractivity contribution in [3.05, 3.63) is 112 Å². The number of halogens is 1. The van der Waals surface area contributed by atoms with Gasteiger partial charge in [0.25, 0.3) is 0 Å². The van der Waals surface area contributed by atoms with Crippen LogP contribution in [0.2, 0.25) is 0 Å². The van der Waals surface area contributed by atoms with Crippen LogP contribution in [-0.2, 0) is 17.8 Å². The van der Waals surface area contributed by atoms with E-state index >= 15 is 0 Å². The molecule has 4 rings (SSSR count). The molecule has 0 unspecified atom stereocenters. The molecule has 35 heavy (non-hydrogen) atoms. The van der Waals surface area contributed by atoms with Crippen LogP contribution in [-0.4, -0.2) is 23.5 Å². The summed E-state index contributed by atoms with van der Waals surface area (Å²) in [6.45, 7) is 2.08. The Morgan fingerprint density at radius 3 is 2.40 bits per heavy atom. The zero-order valence-corrected chi connectivity index (χ0v) is 19.0. The first kappa shape index (κ1) is 23.7. The Balaban J connectivity index is 1.58. The van der Waals surface area contributed by atoms with Crippen LogP contribution in [0, 0.1) is 5.82 Å². The number of carbonyl (C=O) groups excluding carboxylic acids is 2. The van der Waals surface area contributed by atoms with Crippen molar-refractivity contribution in [3.8, 4) is 0 Å². The molecule has 4 aromatic rings. The molecule has 1 N–H and O–H groups in total. The third-order valence-corrected chi connectivity index (χ3v) is 5.33. The average molecular weight is 474 g/mol. The largest absolute Gasteiger partial charge is 0.464 e. The molecule has 0 saturated heterocycles. The van der Waals surface area contributed by atoms with Crippen LogP contribution in [0.3, 0.4) is 0 Å². The molecule has 0 atom stereocenters. The van der Waals surface area contributed by atoms with Crippen molar-refractivity contribution >= 4 is 28.7 Å². The van der Waals surface area contributed by atoms with Crippen LogP contribution in [0.1, 0.15) is 28.4 Å². The van der Waals surface area contributed by atoms with Crippen molar-refractivity contribution in [3.63, 3.8) is 0 Å². The first-order chi connectivity index (χ1) is 16.9. The fraction of sp³-hybridized carbons (Fsp3) is 0.148. The fourth-order valence-corrected chi connectivity index (χ4v) is 3.55. The highest BCUT2D eigenvalue weighted by Gasteiger charge is 2.18. The topological polar surface area (TPSA) is 88.8 Å². The molecule has 7 nitrogen and oxygen atoms in total. The molecule has 178 valence electrons. The molecule has 3 aromatic carbocycles. The molecule has 0 aliphatic rings. The number of amides is 2. The van der Waals surface area contributed by atoms with Crippen LogP contribution in [0.25, 0.3) is 11.0 Å². The standard InChI is InChI=1S/C27H23FN2O5/c1-2-34-26(32)19-9-13-22(14-10-19)29-27(33)30(15-18-7-11-21(28)12-8-18)16-20-17-35-24-6-4-3-5-23(24)25(20)31/h3-14,17H,2,15-16H2,1H3,(H,29,33). The Kier molecular flexibility index (Phi) is 7.21. The van der Waals surface area contributed by atoms with Crippen molar-refractivity contribution in [1.82, 2.24) is 4.90 Å².